The third-order valence-corrected chi connectivity index (χ3v) is 5.89. The second kappa shape index (κ2) is 6.96. The zero-order chi connectivity index (χ0) is 20.8. The Hall–Kier alpha value is -4.17. The Morgan fingerprint density at radius 2 is 0.839 bits per heavy atom. The lowest BCUT2D eigenvalue weighted by Gasteiger charge is -2.14. The van der Waals surface area contributed by atoms with E-state index < -0.39 is 0 Å². The molecule has 0 aliphatic heterocycles. The predicted molar refractivity (Wildman–Crippen MR) is 128 cm³/mol. The summed E-state index contributed by atoms with van der Waals surface area (Å²) in [7, 11) is 0. The summed E-state index contributed by atoms with van der Waals surface area (Å²) in [6.07, 6.45) is 0. The summed E-state index contributed by atoms with van der Waals surface area (Å²) in [6, 6.07) is 36.2. The highest BCUT2D eigenvalue weighted by atomic mass is 16.5. The Labute approximate surface area is 179 Å². The molecule has 6 rings (SSSR count). The SMILES string of the molecule is O=C(Oc1c2ccccc2cc2ccccc12)c1c2ccccc2cc2ccccc12. The maximum absolute atomic E-state index is 13.7. The van der Waals surface area contributed by atoms with Crippen LogP contribution in [0.3, 0.4) is 0 Å². The van der Waals surface area contributed by atoms with Crippen molar-refractivity contribution in [2.45, 2.75) is 0 Å². The van der Waals surface area contributed by atoms with Crippen LogP contribution in [-0.4, -0.2) is 5.97 Å². The van der Waals surface area contributed by atoms with Gasteiger partial charge in [0.2, 0.25) is 0 Å². The van der Waals surface area contributed by atoms with Crippen LogP contribution in [0, 0.1) is 0 Å². The van der Waals surface area contributed by atoms with E-state index in [-0.39, 0.29) is 5.97 Å². The van der Waals surface area contributed by atoms with Crippen LogP contribution in [0.15, 0.2) is 109 Å². The fourth-order valence-corrected chi connectivity index (χ4v) is 4.46. The van der Waals surface area contributed by atoms with Gasteiger partial charge in [0, 0.05) is 10.8 Å². The number of rotatable bonds is 2. The van der Waals surface area contributed by atoms with Crippen LogP contribution in [0.5, 0.6) is 5.75 Å². The van der Waals surface area contributed by atoms with E-state index in [1.807, 2.05) is 97.1 Å². The first kappa shape index (κ1) is 17.7. The summed E-state index contributed by atoms with van der Waals surface area (Å²) in [5.41, 5.74) is 0.603. The number of carbonyl (C=O) groups is 1. The van der Waals surface area contributed by atoms with Crippen LogP contribution >= 0.6 is 0 Å². The summed E-state index contributed by atoms with van der Waals surface area (Å²) >= 11 is 0. The molecule has 31 heavy (non-hydrogen) atoms. The maximum Gasteiger partial charge on any atom is 0.344 e. The molecular weight excluding hydrogens is 380 g/mol. The lowest BCUT2D eigenvalue weighted by molar-refractivity contribution is 0.0743. The fourth-order valence-electron chi connectivity index (χ4n) is 4.46. The van der Waals surface area contributed by atoms with Crippen LogP contribution in [-0.2, 0) is 0 Å². The lowest BCUT2D eigenvalue weighted by atomic mass is 9.96. The van der Waals surface area contributed by atoms with Crippen molar-refractivity contribution in [1.82, 2.24) is 0 Å². The molecule has 0 bridgehead atoms. The number of carbonyl (C=O) groups excluding carboxylic acids is 1. The Morgan fingerprint density at radius 1 is 0.484 bits per heavy atom. The summed E-state index contributed by atoms with van der Waals surface area (Å²) < 4.78 is 6.20. The first-order valence-corrected chi connectivity index (χ1v) is 10.3. The molecular formula is C29H18O2. The molecule has 0 saturated heterocycles. The van der Waals surface area contributed by atoms with Gasteiger partial charge in [0.05, 0.1) is 5.56 Å². The van der Waals surface area contributed by atoms with Crippen LogP contribution in [0.2, 0.25) is 0 Å². The zero-order valence-electron chi connectivity index (χ0n) is 16.7. The minimum atomic E-state index is -0.338. The van der Waals surface area contributed by atoms with Crippen molar-refractivity contribution in [2.24, 2.45) is 0 Å². The van der Waals surface area contributed by atoms with Gasteiger partial charge in [-0.15, -0.1) is 0 Å². The molecule has 0 amide bonds. The maximum atomic E-state index is 13.7. The van der Waals surface area contributed by atoms with Crippen molar-refractivity contribution in [1.29, 1.82) is 0 Å². The quantitative estimate of drug-likeness (QED) is 0.171. The van der Waals surface area contributed by atoms with Crippen molar-refractivity contribution in [3.05, 3.63) is 115 Å². The molecule has 0 saturated carbocycles. The third kappa shape index (κ3) is 2.84. The van der Waals surface area contributed by atoms with Gasteiger partial charge in [0.25, 0.3) is 0 Å². The molecule has 0 unspecified atom stereocenters. The highest BCUT2D eigenvalue weighted by Crippen LogP contribution is 2.36. The van der Waals surface area contributed by atoms with Crippen molar-refractivity contribution in [3.63, 3.8) is 0 Å². The molecule has 0 aliphatic rings. The number of hydrogen-bond donors (Lipinski definition) is 0. The van der Waals surface area contributed by atoms with E-state index in [0.29, 0.717) is 11.3 Å². The molecule has 2 heteroatoms. The van der Waals surface area contributed by atoms with Crippen LogP contribution in [0.4, 0.5) is 0 Å². The molecule has 0 heterocycles. The minimum absolute atomic E-state index is 0.338. The van der Waals surface area contributed by atoms with E-state index in [0.717, 1.165) is 43.1 Å². The van der Waals surface area contributed by atoms with E-state index in [1.54, 1.807) is 0 Å². The number of hydrogen-bond acceptors (Lipinski definition) is 2. The van der Waals surface area contributed by atoms with E-state index >= 15 is 0 Å². The average Bonchev–Trinajstić information content (AvgIpc) is 2.82. The van der Waals surface area contributed by atoms with Gasteiger partial charge in [-0.1, -0.05) is 97.1 Å². The number of esters is 1. The molecule has 0 N–H and O–H groups in total. The van der Waals surface area contributed by atoms with E-state index in [2.05, 4.69) is 12.1 Å². The summed E-state index contributed by atoms with van der Waals surface area (Å²) in [5, 5.41) is 7.80. The van der Waals surface area contributed by atoms with Crippen molar-refractivity contribution >= 4 is 49.1 Å². The number of fused-ring (bicyclic) bond motifs is 4. The first-order valence-electron chi connectivity index (χ1n) is 10.3. The normalized spacial score (nSPS) is 11.4. The van der Waals surface area contributed by atoms with Gasteiger partial charge in [-0.3, -0.25) is 0 Å². The fraction of sp³-hybridized carbons (Fsp3) is 0. The second-order valence-corrected chi connectivity index (χ2v) is 7.73. The number of ether oxygens (including phenoxy) is 1. The zero-order valence-corrected chi connectivity index (χ0v) is 16.7. The van der Waals surface area contributed by atoms with Gasteiger partial charge in [0.1, 0.15) is 5.75 Å². The smallest absolute Gasteiger partial charge is 0.344 e. The largest absolute Gasteiger partial charge is 0.422 e. The molecule has 6 aromatic carbocycles. The van der Waals surface area contributed by atoms with Crippen LogP contribution in [0.1, 0.15) is 10.4 Å². The second-order valence-electron chi connectivity index (χ2n) is 7.73. The van der Waals surface area contributed by atoms with E-state index in [9.17, 15) is 4.79 Å². The molecule has 0 spiro atoms. The molecule has 6 aromatic rings. The van der Waals surface area contributed by atoms with Crippen LogP contribution < -0.4 is 4.74 Å². The Morgan fingerprint density at radius 3 is 1.29 bits per heavy atom. The highest BCUT2D eigenvalue weighted by molar-refractivity contribution is 6.18. The third-order valence-electron chi connectivity index (χ3n) is 5.89. The highest BCUT2D eigenvalue weighted by Gasteiger charge is 2.19. The van der Waals surface area contributed by atoms with E-state index in [4.69, 9.17) is 4.74 Å². The molecule has 0 aromatic heterocycles. The molecule has 0 fully saturated rings. The van der Waals surface area contributed by atoms with Crippen LogP contribution in [0.25, 0.3) is 43.1 Å². The first-order chi connectivity index (χ1) is 15.3. The lowest BCUT2D eigenvalue weighted by Crippen LogP contribution is -2.10. The number of benzene rings is 6. The van der Waals surface area contributed by atoms with Gasteiger partial charge >= 0.3 is 5.97 Å². The summed E-state index contributed by atoms with van der Waals surface area (Å²) in [5.74, 6) is 0.269. The molecule has 0 atom stereocenters. The van der Waals surface area contributed by atoms with Gasteiger partial charge in [-0.2, -0.15) is 0 Å². The van der Waals surface area contributed by atoms with Crippen molar-refractivity contribution in [3.8, 4) is 5.75 Å². The Balaban J connectivity index is 1.62. The molecule has 2 nitrogen and oxygen atoms in total. The summed E-state index contributed by atoms with van der Waals surface area (Å²) in [4.78, 5) is 13.7. The van der Waals surface area contributed by atoms with Gasteiger partial charge in [-0.25, -0.2) is 4.79 Å². The standard InChI is InChI=1S/C29H18O2/c30-29(27-23-13-5-1-9-19(23)17-20-10-2-6-14-24(20)27)31-28-25-15-7-3-11-21(25)18-22-12-4-8-16-26(22)28/h1-18H. The molecule has 0 aliphatic carbocycles. The van der Waals surface area contributed by atoms with Gasteiger partial charge in [0.15, 0.2) is 0 Å². The summed E-state index contributed by atoms with van der Waals surface area (Å²) in [6.45, 7) is 0. The van der Waals surface area contributed by atoms with Gasteiger partial charge < -0.3 is 4.74 Å². The predicted octanol–water partition coefficient (Wildman–Crippen LogP) is 7.52. The van der Waals surface area contributed by atoms with Gasteiger partial charge in [-0.05, 0) is 44.5 Å². The molecule has 146 valence electrons. The van der Waals surface area contributed by atoms with E-state index in [1.165, 1.54) is 0 Å². The Bertz CT molecular complexity index is 1520. The topological polar surface area (TPSA) is 26.3 Å². The minimum Gasteiger partial charge on any atom is -0.422 e. The monoisotopic (exact) mass is 398 g/mol. The average molecular weight is 398 g/mol. The molecule has 0 radical (unpaired) electrons. The van der Waals surface area contributed by atoms with Crippen molar-refractivity contribution in [2.75, 3.05) is 0 Å². The van der Waals surface area contributed by atoms with Crippen molar-refractivity contribution < 1.29 is 9.53 Å². The Kier molecular flexibility index (Phi) is 3.97.